The predicted molar refractivity (Wildman–Crippen MR) is 80.9 cm³/mol. The van der Waals surface area contributed by atoms with E-state index in [1.54, 1.807) is 13.1 Å². The van der Waals surface area contributed by atoms with Crippen LogP contribution in [0.4, 0.5) is 0 Å². The maximum Gasteiger partial charge on any atom is 0.395 e. The third-order valence-corrected chi connectivity index (χ3v) is 8.14. The molecule has 0 aromatic heterocycles. The molecule has 0 radical (unpaired) electrons. The molecular formula is C14H18O3Si2. The second-order valence-electron chi connectivity index (χ2n) is 4.92. The Hall–Kier alpha value is -1.25. The van der Waals surface area contributed by atoms with Crippen molar-refractivity contribution < 1.29 is 13.7 Å². The molecule has 2 aromatic carbocycles. The molecule has 0 aliphatic rings. The highest BCUT2D eigenvalue weighted by Crippen LogP contribution is 2.10. The van der Waals surface area contributed by atoms with Crippen molar-refractivity contribution >= 4 is 27.5 Å². The van der Waals surface area contributed by atoms with Gasteiger partial charge >= 0.3 is 17.1 Å². The summed E-state index contributed by atoms with van der Waals surface area (Å²) in [5.74, 6) is 0. The first-order valence-corrected chi connectivity index (χ1v) is 10.9. The van der Waals surface area contributed by atoms with Crippen LogP contribution in [0.5, 0.6) is 0 Å². The maximum atomic E-state index is 11.1. The molecule has 2 rings (SSSR count). The van der Waals surface area contributed by atoms with Gasteiger partial charge in [0, 0.05) is 0 Å². The molecule has 0 spiro atoms. The first kappa shape index (κ1) is 14.2. The van der Waals surface area contributed by atoms with E-state index in [1.165, 1.54) is 0 Å². The highest BCUT2D eigenvalue weighted by Gasteiger charge is 2.43. The second-order valence-corrected chi connectivity index (χ2v) is 11.1. The Labute approximate surface area is 115 Å². The molecule has 0 fully saturated rings. The molecule has 0 bridgehead atoms. The van der Waals surface area contributed by atoms with Crippen LogP contribution in [-0.4, -0.2) is 26.7 Å². The van der Waals surface area contributed by atoms with Gasteiger partial charge in [-0.1, -0.05) is 60.7 Å². The van der Waals surface area contributed by atoms with E-state index in [-0.39, 0.29) is 0 Å². The molecule has 0 aliphatic heterocycles. The van der Waals surface area contributed by atoms with Crippen LogP contribution < -0.4 is 10.4 Å². The second kappa shape index (κ2) is 5.40. The molecule has 5 heteroatoms. The van der Waals surface area contributed by atoms with Gasteiger partial charge in [-0.25, -0.2) is 0 Å². The first-order valence-electron chi connectivity index (χ1n) is 6.18. The monoisotopic (exact) mass is 290 g/mol. The van der Waals surface area contributed by atoms with Crippen LogP contribution in [0.2, 0.25) is 13.1 Å². The summed E-state index contributed by atoms with van der Waals surface area (Å²) in [6.07, 6.45) is 0. The largest absolute Gasteiger partial charge is 0.411 e. The van der Waals surface area contributed by atoms with Gasteiger partial charge in [-0.15, -0.1) is 0 Å². The lowest BCUT2D eigenvalue weighted by Gasteiger charge is -2.31. The van der Waals surface area contributed by atoms with Gasteiger partial charge < -0.3 is 13.7 Å². The van der Waals surface area contributed by atoms with E-state index in [1.807, 2.05) is 60.7 Å². The fourth-order valence-electron chi connectivity index (χ4n) is 1.97. The Bertz CT molecular complexity index is 484. The zero-order chi connectivity index (χ0) is 13.9. The summed E-state index contributed by atoms with van der Waals surface area (Å²) in [6, 6.07) is 18.6. The Kier molecular flexibility index (Phi) is 4.03. The van der Waals surface area contributed by atoms with Gasteiger partial charge in [0.25, 0.3) is 0 Å². The van der Waals surface area contributed by atoms with Crippen molar-refractivity contribution in [3.8, 4) is 0 Å². The van der Waals surface area contributed by atoms with Gasteiger partial charge in [-0.05, 0) is 23.5 Å². The van der Waals surface area contributed by atoms with E-state index in [0.717, 1.165) is 10.4 Å². The van der Waals surface area contributed by atoms with Crippen LogP contribution in [0.25, 0.3) is 0 Å². The van der Waals surface area contributed by atoms with E-state index in [2.05, 4.69) is 0 Å². The lowest BCUT2D eigenvalue weighted by molar-refractivity contribution is 0.334. The van der Waals surface area contributed by atoms with Crippen molar-refractivity contribution in [3.63, 3.8) is 0 Å². The number of rotatable bonds is 4. The third kappa shape index (κ3) is 3.40. The summed E-state index contributed by atoms with van der Waals surface area (Å²) in [5, 5.41) is 1.49. The zero-order valence-electron chi connectivity index (χ0n) is 11.1. The maximum absolute atomic E-state index is 11.1. The predicted octanol–water partition coefficient (Wildman–Crippen LogP) is 0.946. The van der Waals surface area contributed by atoms with Crippen molar-refractivity contribution in [3.05, 3.63) is 60.7 Å². The third-order valence-electron chi connectivity index (χ3n) is 2.73. The van der Waals surface area contributed by atoms with Crippen molar-refractivity contribution in [2.45, 2.75) is 13.1 Å². The molecule has 3 nitrogen and oxygen atoms in total. The Balaban J connectivity index is 2.51. The van der Waals surface area contributed by atoms with E-state index in [0.29, 0.717) is 0 Å². The molecule has 0 aliphatic carbocycles. The van der Waals surface area contributed by atoms with E-state index in [9.17, 15) is 9.59 Å². The molecule has 0 saturated heterocycles. The lowest BCUT2D eigenvalue weighted by atomic mass is 10.4. The van der Waals surface area contributed by atoms with Crippen LogP contribution >= 0.6 is 0 Å². The molecule has 0 atom stereocenters. The van der Waals surface area contributed by atoms with E-state index < -0.39 is 17.1 Å². The van der Waals surface area contributed by atoms with Crippen LogP contribution in [0.15, 0.2) is 60.7 Å². The normalized spacial score (nSPS) is 12.4. The number of benzene rings is 2. The molecular weight excluding hydrogens is 272 g/mol. The quantitative estimate of drug-likeness (QED) is 0.824. The zero-order valence-corrected chi connectivity index (χ0v) is 13.1. The Morgan fingerprint density at radius 3 is 1.42 bits per heavy atom. The summed E-state index contributed by atoms with van der Waals surface area (Å²) in [4.78, 5) is 21.1. The number of hydrogen-bond acceptors (Lipinski definition) is 3. The SMILES string of the molecule is C[Si](C)(O)O[Si](O)(c1ccccc1)c1ccccc1. The van der Waals surface area contributed by atoms with Crippen LogP contribution in [0.1, 0.15) is 0 Å². The van der Waals surface area contributed by atoms with Gasteiger partial charge in [-0.2, -0.15) is 0 Å². The molecule has 0 saturated carbocycles. The average Bonchev–Trinajstić information content (AvgIpc) is 2.39. The summed E-state index contributed by atoms with van der Waals surface area (Å²) in [5.41, 5.74) is 0. The van der Waals surface area contributed by atoms with E-state index >= 15 is 0 Å². The minimum absolute atomic E-state index is 0.746. The Morgan fingerprint density at radius 1 is 0.737 bits per heavy atom. The molecule has 100 valence electrons. The minimum Gasteiger partial charge on any atom is -0.411 e. The van der Waals surface area contributed by atoms with Gasteiger partial charge in [0.1, 0.15) is 0 Å². The minimum atomic E-state index is -3.33. The summed E-state index contributed by atoms with van der Waals surface area (Å²) in [7, 11) is -6.17. The smallest absolute Gasteiger partial charge is 0.395 e. The van der Waals surface area contributed by atoms with Crippen molar-refractivity contribution in [1.82, 2.24) is 0 Å². The molecule has 2 aromatic rings. The van der Waals surface area contributed by atoms with E-state index in [4.69, 9.17) is 4.12 Å². The molecule has 0 amide bonds. The van der Waals surface area contributed by atoms with Gasteiger partial charge in [-0.3, -0.25) is 0 Å². The molecule has 0 unspecified atom stereocenters. The average molecular weight is 290 g/mol. The van der Waals surface area contributed by atoms with Crippen molar-refractivity contribution in [2.24, 2.45) is 0 Å². The summed E-state index contributed by atoms with van der Waals surface area (Å²) >= 11 is 0. The van der Waals surface area contributed by atoms with Crippen LogP contribution in [0, 0.1) is 0 Å². The topological polar surface area (TPSA) is 49.7 Å². The van der Waals surface area contributed by atoms with Gasteiger partial charge in [0.15, 0.2) is 0 Å². The molecule has 19 heavy (non-hydrogen) atoms. The van der Waals surface area contributed by atoms with Crippen LogP contribution in [-0.2, 0) is 4.12 Å². The summed E-state index contributed by atoms with van der Waals surface area (Å²) in [6.45, 7) is 3.33. The van der Waals surface area contributed by atoms with Gasteiger partial charge in [0.05, 0.1) is 0 Å². The fraction of sp³-hybridized carbons (Fsp3) is 0.143. The fourth-order valence-corrected chi connectivity index (χ4v) is 7.43. The van der Waals surface area contributed by atoms with Gasteiger partial charge in [0.2, 0.25) is 0 Å². The van der Waals surface area contributed by atoms with Crippen LogP contribution in [0.3, 0.4) is 0 Å². The highest BCUT2D eigenvalue weighted by molar-refractivity contribution is 6.96. The standard InChI is InChI=1S/C14H18O3Si2/c1-18(2,15)17-19(16,13-9-5-3-6-10-13)14-11-7-4-8-12-14/h3-12,15-16H,1-2H3. The lowest BCUT2D eigenvalue weighted by Crippen LogP contribution is -2.65. The first-order chi connectivity index (χ1) is 8.92. The Morgan fingerprint density at radius 2 is 1.11 bits per heavy atom. The van der Waals surface area contributed by atoms with Crippen molar-refractivity contribution in [2.75, 3.05) is 0 Å². The molecule has 0 heterocycles. The highest BCUT2D eigenvalue weighted by atomic mass is 28.5. The number of hydrogen-bond donors (Lipinski definition) is 2. The van der Waals surface area contributed by atoms with Crippen molar-refractivity contribution in [1.29, 1.82) is 0 Å². The summed E-state index contributed by atoms with van der Waals surface area (Å²) < 4.78 is 5.79. The molecule has 2 N–H and O–H groups in total.